The molecule has 1 aliphatic rings. The SMILES string of the molecule is COC(=O)C1=C(C)N=c2s/c(=C\c3cc(I)c(O)c(I)c3)c(=O)n2[C@H]1c1ccccc1. The van der Waals surface area contributed by atoms with Crippen molar-refractivity contribution in [3.05, 3.63) is 91.7 Å². The Morgan fingerprint density at radius 2 is 1.87 bits per heavy atom. The van der Waals surface area contributed by atoms with Crippen LogP contribution >= 0.6 is 56.5 Å². The number of hydrogen-bond donors (Lipinski definition) is 1. The van der Waals surface area contributed by atoms with E-state index >= 15 is 0 Å². The van der Waals surface area contributed by atoms with Crippen molar-refractivity contribution in [2.24, 2.45) is 4.99 Å². The van der Waals surface area contributed by atoms with Gasteiger partial charge in [0, 0.05) is 0 Å². The van der Waals surface area contributed by atoms with E-state index in [-0.39, 0.29) is 11.3 Å². The van der Waals surface area contributed by atoms with E-state index in [9.17, 15) is 14.7 Å². The number of esters is 1. The normalized spacial score (nSPS) is 16.1. The third-order valence-corrected chi connectivity index (χ3v) is 7.51. The molecule has 0 bridgehead atoms. The van der Waals surface area contributed by atoms with Gasteiger partial charge in [-0.25, -0.2) is 9.79 Å². The molecule has 2 aromatic carbocycles. The molecule has 1 N–H and O–H groups in total. The molecule has 0 radical (unpaired) electrons. The van der Waals surface area contributed by atoms with Gasteiger partial charge in [0.1, 0.15) is 5.75 Å². The summed E-state index contributed by atoms with van der Waals surface area (Å²) in [5.41, 5.74) is 2.25. The van der Waals surface area contributed by atoms with Crippen LogP contribution in [0.4, 0.5) is 0 Å². The topological polar surface area (TPSA) is 80.9 Å². The lowest BCUT2D eigenvalue weighted by molar-refractivity contribution is -0.136. The molecule has 2 heterocycles. The maximum Gasteiger partial charge on any atom is 0.338 e. The summed E-state index contributed by atoms with van der Waals surface area (Å²) in [6.07, 6.45) is 1.78. The largest absolute Gasteiger partial charge is 0.506 e. The van der Waals surface area contributed by atoms with E-state index < -0.39 is 12.0 Å². The van der Waals surface area contributed by atoms with Gasteiger partial charge in [-0.3, -0.25) is 9.36 Å². The second-order valence-corrected chi connectivity index (χ2v) is 10.2. The lowest BCUT2D eigenvalue weighted by Gasteiger charge is -2.24. The van der Waals surface area contributed by atoms with Crippen molar-refractivity contribution in [2.45, 2.75) is 13.0 Å². The highest BCUT2D eigenvalue weighted by Gasteiger charge is 2.32. The number of phenolic OH excluding ortho intramolecular Hbond substituents is 1. The molecule has 31 heavy (non-hydrogen) atoms. The van der Waals surface area contributed by atoms with Crippen LogP contribution in [-0.4, -0.2) is 22.8 Å². The number of nitrogens with zero attached hydrogens (tertiary/aromatic N) is 2. The number of aromatic nitrogens is 1. The molecule has 0 aliphatic carbocycles. The number of halogens is 2. The molecular weight excluding hydrogens is 642 g/mol. The minimum atomic E-state index is -0.618. The Morgan fingerprint density at radius 1 is 1.23 bits per heavy atom. The Morgan fingerprint density at radius 3 is 2.48 bits per heavy atom. The standard InChI is InChI=1S/C22H16I2N2O4S/c1-11-17(21(29)30-2)18(13-6-4-3-5-7-13)26-20(28)16(31-22(26)25-11)10-12-8-14(23)19(27)15(24)9-12/h3-10,18,27H,1-2H3/b16-10-/t18-/m0/s1. The van der Waals surface area contributed by atoms with Crippen molar-refractivity contribution in [1.29, 1.82) is 0 Å². The smallest absolute Gasteiger partial charge is 0.338 e. The van der Waals surface area contributed by atoms with E-state index in [1.165, 1.54) is 18.4 Å². The summed E-state index contributed by atoms with van der Waals surface area (Å²) >= 11 is 5.39. The molecule has 9 heteroatoms. The van der Waals surface area contributed by atoms with Gasteiger partial charge < -0.3 is 9.84 Å². The Bertz CT molecular complexity index is 1380. The molecule has 1 aliphatic heterocycles. The number of phenols is 1. The van der Waals surface area contributed by atoms with Gasteiger partial charge in [-0.15, -0.1) is 0 Å². The minimum absolute atomic E-state index is 0.224. The van der Waals surface area contributed by atoms with Gasteiger partial charge in [-0.1, -0.05) is 41.7 Å². The lowest BCUT2D eigenvalue weighted by atomic mass is 9.96. The van der Waals surface area contributed by atoms with Crippen LogP contribution in [0.1, 0.15) is 24.1 Å². The first-order chi connectivity index (χ1) is 14.8. The number of fused-ring (bicyclic) bond motifs is 1. The van der Waals surface area contributed by atoms with Crippen LogP contribution in [0, 0.1) is 7.14 Å². The number of thiazole rings is 1. The van der Waals surface area contributed by atoms with Gasteiger partial charge in [-0.05, 0) is 81.4 Å². The molecule has 4 rings (SSSR count). The average molecular weight is 658 g/mol. The number of rotatable bonds is 3. The summed E-state index contributed by atoms with van der Waals surface area (Å²) in [7, 11) is 1.32. The fourth-order valence-corrected chi connectivity index (χ4v) is 6.33. The van der Waals surface area contributed by atoms with Crippen LogP contribution in [0.5, 0.6) is 5.75 Å². The summed E-state index contributed by atoms with van der Waals surface area (Å²) in [5.74, 6) is -0.283. The summed E-state index contributed by atoms with van der Waals surface area (Å²) in [5, 5.41) is 10.0. The number of carbonyl (C=O) groups excluding carboxylic acids is 1. The molecule has 0 saturated heterocycles. The van der Waals surface area contributed by atoms with Crippen molar-refractivity contribution in [3.8, 4) is 5.75 Å². The molecule has 6 nitrogen and oxygen atoms in total. The number of aromatic hydroxyl groups is 1. The van der Waals surface area contributed by atoms with Crippen molar-refractivity contribution in [3.63, 3.8) is 0 Å². The van der Waals surface area contributed by atoms with Crippen LogP contribution in [-0.2, 0) is 9.53 Å². The summed E-state index contributed by atoms with van der Waals surface area (Å²) < 4.78 is 8.46. The Labute approximate surface area is 208 Å². The van der Waals surface area contributed by atoms with E-state index in [1.54, 1.807) is 17.6 Å². The quantitative estimate of drug-likeness (QED) is 0.346. The molecule has 0 spiro atoms. The van der Waals surface area contributed by atoms with Gasteiger partial charge in [0.15, 0.2) is 4.80 Å². The molecular formula is C22H16I2N2O4S. The first kappa shape index (κ1) is 22.2. The summed E-state index contributed by atoms with van der Waals surface area (Å²) in [4.78, 5) is 31.1. The summed E-state index contributed by atoms with van der Waals surface area (Å²) in [6, 6.07) is 12.4. The van der Waals surface area contributed by atoms with E-state index in [0.717, 1.165) is 11.1 Å². The monoisotopic (exact) mass is 658 g/mol. The van der Waals surface area contributed by atoms with Crippen LogP contribution in [0.25, 0.3) is 6.08 Å². The zero-order valence-electron chi connectivity index (χ0n) is 16.4. The summed E-state index contributed by atoms with van der Waals surface area (Å²) in [6.45, 7) is 1.75. The molecule has 0 fully saturated rings. The second kappa shape index (κ2) is 8.87. The van der Waals surface area contributed by atoms with Crippen molar-refractivity contribution < 1.29 is 14.6 Å². The molecule has 0 saturated carbocycles. The Hall–Kier alpha value is -1.99. The maximum absolute atomic E-state index is 13.5. The zero-order chi connectivity index (χ0) is 22.3. The number of allylic oxidation sites excluding steroid dienone is 1. The van der Waals surface area contributed by atoms with Crippen molar-refractivity contribution in [1.82, 2.24) is 4.57 Å². The van der Waals surface area contributed by atoms with Gasteiger partial charge >= 0.3 is 5.97 Å². The molecule has 158 valence electrons. The third kappa shape index (κ3) is 4.10. The van der Waals surface area contributed by atoms with Gasteiger partial charge in [0.2, 0.25) is 0 Å². The third-order valence-electron chi connectivity index (χ3n) is 4.88. The highest BCUT2D eigenvalue weighted by atomic mass is 127. The zero-order valence-corrected chi connectivity index (χ0v) is 21.6. The number of carbonyl (C=O) groups is 1. The highest BCUT2D eigenvalue weighted by Crippen LogP contribution is 2.30. The Kier molecular flexibility index (Phi) is 6.35. The average Bonchev–Trinajstić information content (AvgIpc) is 3.05. The van der Waals surface area contributed by atoms with E-state index in [0.29, 0.717) is 27.7 Å². The first-order valence-electron chi connectivity index (χ1n) is 9.15. The molecule has 1 aromatic heterocycles. The molecule has 0 unspecified atom stereocenters. The number of hydrogen-bond acceptors (Lipinski definition) is 6. The van der Waals surface area contributed by atoms with Crippen molar-refractivity contribution >= 4 is 68.6 Å². The van der Waals surface area contributed by atoms with Crippen LogP contribution < -0.4 is 14.9 Å². The fraction of sp³-hybridized carbons (Fsp3) is 0.136. The van der Waals surface area contributed by atoms with Crippen LogP contribution in [0.15, 0.2) is 63.5 Å². The molecule has 3 aromatic rings. The predicted molar refractivity (Wildman–Crippen MR) is 136 cm³/mol. The van der Waals surface area contributed by atoms with Crippen LogP contribution in [0.3, 0.4) is 0 Å². The number of methoxy groups -OCH3 is 1. The van der Waals surface area contributed by atoms with Crippen molar-refractivity contribution in [2.75, 3.05) is 7.11 Å². The Balaban J connectivity index is 1.98. The minimum Gasteiger partial charge on any atom is -0.506 e. The van der Waals surface area contributed by atoms with Gasteiger partial charge in [-0.2, -0.15) is 0 Å². The lowest BCUT2D eigenvalue weighted by Crippen LogP contribution is -2.39. The van der Waals surface area contributed by atoms with E-state index in [4.69, 9.17) is 4.74 Å². The maximum atomic E-state index is 13.5. The highest BCUT2D eigenvalue weighted by molar-refractivity contribution is 14.1. The van der Waals surface area contributed by atoms with Gasteiger partial charge in [0.25, 0.3) is 5.56 Å². The fourth-order valence-electron chi connectivity index (χ4n) is 3.46. The van der Waals surface area contributed by atoms with E-state index in [2.05, 4.69) is 50.2 Å². The van der Waals surface area contributed by atoms with Gasteiger partial charge in [0.05, 0.1) is 36.1 Å². The number of benzene rings is 2. The molecule has 0 amide bonds. The van der Waals surface area contributed by atoms with Crippen LogP contribution in [0.2, 0.25) is 0 Å². The first-order valence-corrected chi connectivity index (χ1v) is 12.1. The second-order valence-electron chi connectivity index (χ2n) is 6.82. The molecule has 1 atom stereocenters. The van der Waals surface area contributed by atoms with E-state index in [1.807, 2.05) is 42.5 Å². The number of ether oxygens (including phenoxy) is 1. The predicted octanol–water partition coefficient (Wildman–Crippen LogP) is 3.32.